The zero-order valence-electron chi connectivity index (χ0n) is 9.81. The third-order valence-electron chi connectivity index (χ3n) is 3.24. The molecular formula is C10H19N3O3S. The van der Waals surface area contributed by atoms with Gasteiger partial charge in [-0.25, -0.2) is 8.42 Å². The fourth-order valence-corrected chi connectivity index (χ4v) is 4.10. The Morgan fingerprint density at radius 3 is 2.82 bits per heavy atom. The van der Waals surface area contributed by atoms with Gasteiger partial charge in [0.05, 0.1) is 12.3 Å². The average Bonchev–Trinajstić information content (AvgIpc) is 2.30. The monoisotopic (exact) mass is 261 g/mol. The second kappa shape index (κ2) is 5.32. The highest BCUT2D eigenvalue weighted by atomic mass is 32.2. The lowest BCUT2D eigenvalue weighted by atomic mass is 10.0. The van der Waals surface area contributed by atoms with Gasteiger partial charge in [-0.1, -0.05) is 0 Å². The molecule has 0 saturated carbocycles. The van der Waals surface area contributed by atoms with E-state index in [0.717, 1.165) is 25.9 Å². The van der Waals surface area contributed by atoms with Crippen LogP contribution in [0.2, 0.25) is 0 Å². The number of hydrogen-bond acceptors (Lipinski definition) is 4. The smallest absolute Gasteiger partial charge is 0.235 e. The molecule has 7 heteroatoms. The Hall–Kier alpha value is -0.660. The maximum atomic E-state index is 12.1. The van der Waals surface area contributed by atoms with E-state index in [1.165, 1.54) is 4.31 Å². The SMILES string of the molecule is O=C1CN(S(=O)(=O)CC2CCCNC2)CCN1. The van der Waals surface area contributed by atoms with Crippen molar-refractivity contribution in [2.24, 2.45) is 5.92 Å². The van der Waals surface area contributed by atoms with Crippen molar-refractivity contribution in [3.8, 4) is 0 Å². The molecule has 98 valence electrons. The number of piperazine rings is 1. The van der Waals surface area contributed by atoms with Crippen LogP contribution >= 0.6 is 0 Å². The van der Waals surface area contributed by atoms with E-state index in [1.807, 2.05) is 0 Å². The average molecular weight is 261 g/mol. The molecule has 2 fully saturated rings. The van der Waals surface area contributed by atoms with Gasteiger partial charge in [-0.05, 0) is 31.8 Å². The maximum absolute atomic E-state index is 12.1. The van der Waals surface area contributed by atoms with Gasteiger partial charge in [0, 0.05) is 13.1 Å². The van der Waals surface area contributed by atoms with E-state index in [0.29, 0.717) is 13.1 Å². The first-order valence-electron chi connectivity index (χ1n) is 6.03. The first-order valence-corrected chi connectivity index (χ1v) is 7.64. The van der Waals surface area contributed by atoms with Crippen LogP contribution in [0, 0.1) is 5.92 Å². The third-order valence-corrected chi connectivity index (χ3v) is 5.23. The predicted octanol–water partition coefficient (Wildman–Crippen LogP) is -1.25. The van der Waals surface area contributed by atoms with Gasteiger partial charge in [-0.15, -0.1) is 0 Å². The number of piperidine rings is 1. The van der Waals surface area contributed by atoms with E-state index in [2.05, 4.69) is 10.6 Å². The number of amides is 1. The molecule has 0 bridgehead atoms. The third kappa shape index (κ3) is 3.40. The van der Waals surface area contributed by atoms with Crippen LogP contribution in [0.15, 0.2) is 0 Å². The summed E-state index contributed by atoms with van der Waals surface area (Å²) in [6, 6.07) is 0. The minimum absolute atomic E-state index is 0.0253. The molecule has 0 spiro atoms. The van der Waals surface area contributed by atoms with Crippen LogP contribution < -0.4 is 10.6 Å². The summed E-state index contributed by atoms with van der Waals surface area (Å²) in [5, 5.41) is 5.84. The highest BCUT2D eigenvalue weighted by Crippen LogP contribution is 2.15. The Bertz CT molecular complexity index is 376. The van der Waals surface area contributed by atoms with Crippen LogP contribution in [0.4, 0.5) is 0 Å². The topological polar surface area (TPSA) is 78.5 Å². The van der Waals surface area contributed by atoms with Gasteiger partial charge >= 0.3 is 0 Å². The van der Waals surface area contributed by atoms with Crippen LogP contribution in [0.1, 0.15) is 12.8 Å². The Kier molecular flexibility index (Phi) is 4.01. The fraction of sp³-hybridized carbons (Fsp3) is 0.900. The molecule has 0 radical (unpaired) electrons. The number of sulfonamides is 1. The Morgan fingerprint density at radius 2 is 2.18 bits per heavy atom. The molecule has 2 aliphatic rings. The summed E-state index contributed by atoms with van der Waals surface area (Å²) < 4.78 is 25.5. The van der Waals surface area contributed by atoms with Crippen molar-refractivity contribution in [3.05, 3.63) is 0 Å². The molecule has 17 heavy (non-hydrogen) atoms. The van der Waals surface area contributed by atoms with E-state index < -0.39 is 10.0 Å². The molecule has 2 saturated heterocycles. The molecule has 0 aliphatic carbocycles. The largest absolute Gasteiger partial charge is 0.354 e. The van der Waals surface area contributed by atoms with Gasteiger partial charge in [0.25, 0.3) is 0 Å². The van der Waals surface area contributed by atoms with Gasteiger partial charge in [0.2, 0.25) is 15.9 Å². The molecule has 1 unspecified atom stereocenters. The molecule has 2 N–H and O–H groups in total. The Morgan fingerprint density at radius 1 is 1.35 bits per heavy atom. The van der Waals surface area contributed by atoms with Gasteiger partial charge in [-0.3, -0.25) is 4.79 Å². The van der Waals surface area contributed by atoms with Crippen molar-refractivity contribution in [3.63, 3.8) is 0 Å². The van der Waals surface area contributed by atoms with Gasteiger partial charge in [0.1, 0.15) is 0 Å². The molecule has 0 aromatic heterocycles. The number of nitrogens with one attached hydrogen (secondary N) is 2. The number of carbonyl (C=O) groups is 1. The number of carbonyl (C=O) groups excluding carboxylic acids is 1. The molecule has 1 amide bonds. The van der Waals surface area contributed by atoms with Crippen molar-refractivity contribution < 1.29 is 13.2 Å². The molecule has 0 aromatic carbocycles. The van der Waals surface area contributed by atoms with Gasteiger partial charge in [-0.2, -0.15) is 4.31 Å². The summed E-state index contributed by atoms with van der Waals surface area (Å²) in [6.45, 7) is 2.53. The highest BCUT2D eigenvalue weighted by Gasteiger charge is 2.30. The maximum Gasteiger partial charge on any atom is 0.235 e. The fourth-order valence-electron chi connectivity index (χ4n) is 2.32. The molecule has 0 aromatic rings. The summed E-state index contributed by atoms with van der Waals surface area (Å²) in [7, 11) is -3.28. The van der Waals surface area contributed by atoms with Gasteiger partial charge < -0.3 is 10.6 Å². The van der Waals surface area contributed by atoms with E-state index in [1.54, 1.807) is 0 Å². The number of nitrogens with zero attached hydrogens (tertiary/aromatic N) is 1. The zero-order chi connectivity index (χ0) is 12.3. The molecule has 2 rings (SSSR count). The van der Waals surface area contributed by atoms with Crippen molar-refractivity contribution in [1.29, 1.82) is 0 Å². The van der Waals surface area contributed by atoms with Crippen molar-refractivity contribution in [2.45, 2.75) is 12.8 Å². The van der Waals surface area contributed by atoms with Crippen molar-refractivity contribution >= 4 is 15.9 Å². The summed E-state index contributed by atoms with van der Waals surface area (Å²) in [5.41, 5.74) is 0. The quantitative estimate of drug-likeness (QED) is 0.665. The summed E-state index contributed by atoms with van der Waals surface area (Å²) in [4.78, 5) is 11.2. The predicted molar refractivity (Wildman–Crippen MR) is 64.0 cm³/mol. The summed E-state index contributed by atoms with van der Waals surface area (Å²) >= 11 is 0. The molecule has 6 nitrogen and oxygen atoms in total. The van der Waals surface area contributed by atoms with E-state index in [-0.39, 0.29) is 24.1 Å². The van der Waals surface area contributed by atoms with Gasteiger partial charge in [0.15, 0.2) is 0 Å². The van der Waals surface area contributed by atoms with E-state index >= 15 is 0 Å². The minimum Gasteiger partial charge on any atom is -0.354 e. The molecule has 1 atom stereocenters. The lowest BCUT2D eigenvalue weighted by Gasteiger charge is -2.29. The Balaban J connectivity index is 1.95. The normalized spacial score (nSPS) is 27.8. The number of rotatable bonds is 3. The van der Waals surface area contributed by atoms with Crippen LogP contribution in [0.5, 0.6) is 0 Å². The first-order chi connectivity index (χ1) is 8.08. The van der Waals surface area contributed by atoms with Crippen LogP contribution in [0.3, 0.4) is 0 Å². The van der Waals surface area contributed by atoms with Crippen molar-refractivity contribution in [1.82, 2.24) is 14.9 Å². The lowest BCUT2D eigenvalue weighted by molar-refractivity contribution is -0.122. The molecule has 2 aliphatic heterocycles. The van der Waals surface area contributed by atoms with Crippen LogP contribution in [-0.2, 0) is 14.8 Å². The van der Waals surface area contributed by atoms with E-state index in [4.69, 9.17) is 0 Å². The minimum atomic E-state index is -3.28. The second-order valence-electron chi connectivity index (χ2n) is 4.67. The first kappa shape index (κ1) is 12.8. The zero-order valence-corrected chi connectivity index (χ0v) is 10.6. The standard InChI is InChI=1S/C10H19N3O3S/c14-10-7-13(5-4-12-10)17(15,16)8-9-2-1-3-11-6-9/h9,11H,1-8H2,(H,12,14). The molecule has 2 heterocycles. The lowest BCUT2D eigenvalue weighted by Crippen LogP contribution is -2.51. The van der Waals surface area contributed by atoms with Crippen LogP contribution in [0.25, 0.3) is 0 Å². The van der Waals surface area contributed by atoms with Crippen LogP contribution in [-0.4, -0.2) is 57.1 Å². The number of hydrogen-bond donors (Lipinski definition) is 2. The second-order valence-corrected chi connectivity index (χ2v) is 6.69. The molecular weight excluding hydrogens is 242 g/mol. The highest BCUT2D eigenvalue weighted by molar-refractivity contribution is 7.89. The van der Waals surface area contributed by atoms with Crippen molar-refractivity contribution in [2.75, 3.05) is 38.5 Å². The summed E-state index contributed by atoms with van der Waals surface area (Å²) in [5.74, 6) is 0.133. The Labute approximate surface area is 102 Å². The van der Waals surface area contributed by atoms with E-state index in [9.17, 15) is 13.2 Å². The summed E-state index contributed by atoms with van der Waals surface area (Å²) in [6.07, 6.45) is 1.98.